The number of hydrogen-bond acceptors (Lipinski definition) is 4. The third-order valence-corrected chi connectivity index (χ3v) is 5.08. The average Bonchev–Trinajstić information content (AvgIpc) is 3.28. The van der Waals surface area contributed by atoms with Crippen LogP contribution in [0.15, 0.2) is 90.6 Å². The summed E-state index contributed by atoms with van der Waals surface area (Å²) in [5, 5.41) is 17.2. The Morgan fingerprint density at radius 2 is 1.82 bits per heavy atom. The van der Waals surface area contributed by atoms with Gasteiger partial charge in [-0.2, -0.15) is 10.4 Å². The first kappa shape index (κ1) is 21.6. The van der Waals surface area contributed by atoms with Gasteiger partial charge in [0.1, 0.15) is 23.1 Å². The summed E-state index contributed by atoms with van der Waals surface area (Å²) in [6.07, 6.45) is 3.37. The van der Waals surface area contributed by atoms with E-state index in [9.17, 15) is 10.1 Å². The van der Waals surface area contributed by atoms with Crippen LogP contribution in [0, 0.1) is 18.3 Å². The highest BCUT2D eigenvalue weighted by atomic mass is 16.5. The largest absolute Gasteiger partial charge is 0.497 e. The highest BCUT2D eigenvalue weighted by molar-refractivity contribution is 6.10. The molecule has 1 amide bonds. The summed E-state index contributed by atoms with van der Waals surface area (Å²) in [6, 6.07) is 26.6. The Labute approximate surface area is 192 Å². The van der Waals surface area contributed by atoms with Crippen molar-refractivity contribution in [1.82, 2.24) is 9.78 Å². The fraction of sp³-hybridized carbons (Fsp3) is 0.0741. The summed E-state index contributed by atoms with van der Waals surface area (Å²) in [5.41, 5.74) is 4.64. The molecule has 0 fully saturated rings. The number of carbonyl (C=O) groups excluding carboxylic acids is 1. The lowest BCUT2D eigenvalue weighted by Gasteiger charge is -2.05. The molecule has 0 aliphatic rings. The van der Waals surface area contributed by atoms with E-state index in [-0.39, 0.29) is 5.57 Å². The summed E-state index contributed by atoms with van der Waals surface area (Å²) in [4.78, 5) is 12.8. The first-order valence-corrected chi connectivity index (χ1v) is 10.4. The molecular formula is C27H22N4O2. The Morgan fingerprint density at radius 3 is 2.52 bits per heavy atom. The van der Waals surface area contributed by atoms with Crippen molar-refractivity contribution in [1.29, 1.82) is 5.26 Å². The monoisotopic (exact) mass is 434 g/mol. The lowest BCUT2D eigenvalue weighted by Crippen LogP contribution is -2.13. The van der Waals surface area contributed by atoms with E-state index < -0.39 is 5.91 Å². The third kappa shape index (κ3) is 5.00. The number of amides is 1. The van der Waals surface area contributed by atoms with E-state index in [0.29, 0.717) is 22.7 Å². The first-order chi connectivity index (χ1) is 16.1. The van der Waals surface area contributed by atoms with Gasteiger partial charge >= 0.3 is 0 Å². The van der Waals surface area contributed by atoms with Crippen LogP contribution >= 0.6 is 0 Å². The molecule has 0 aliphatic heterocycles. The van der Waals surface area contributed by atoms with E-state index in [1.807, 2.05) is 79.7 Å². The van der Waals surface area contributed by atoms with Crippen molar-refractivity contribution in [2.45, 2.75) is 6.92 Å². The maximum absolute atomic E-state index is 12.8. The molecule has 0 spiro atoms. The van der Waals surface area contributed by atoms with E-state index in [1.165, 1.54) is 0 Å². The summed E-state index contributed by atoms with van der Waals surface area (Å²) >= 11 is 0. The van der Waals surface area contributed by atoms with Gasteiger partial charge in [-0.25, -0.2) is 4.68 Å². The molecule has 1 aromatic heterocycles. The van der Waals surface area contributed by atoms with Gasteiger partial charge in [-0.1, -0.05) is 48.0 Å². The number of nitrogens with zero attached hydrogens (tertiary/aromatic N) is 3. The van der Waals surface area contributed by atoms with Crippen LogP contribution in [0.5, 0.6) is 5.75 Å². The number of hydrogen-bond donors (Lipinski definition) is 1. The van der Waals surface area contributed by atoms with Gasteiger partial charge in [0.15, 0.2) is 0 Å². The van der Waals surface area contributed by atoms with Crippen LogP contribution in [0.1, 0.15) is 11.1 Å². The number of benzene rings is 3. The van der Waals surface area contributed by atoms with Gasteiger partial charge in [-0.3, -0.25) is 4.79 Å². The van der Waals surface area contributed by atoms with Crippen molar-refractivity contribution >= 4 is 17.7 Å². The van der Waals surface area contributed by atoms with Crippen molar-refractivity contribution < 1.29 is 9.53 Å². The highest BCUT2D eigenvalue weighted by Crippen LogP contribution is 2.28. The Balaban J connectivity index is 1.76. The Kier molecular flexibility index (Phi) is 6.33. The van der Waals surface area contributed by atoms with Crippen molar-refractivity contribution in [2.24, 2.45) is 0 Å². The average molecular weight is 434 g/mol. The molecule has 4 rings (SSSR count). The molecule has 1 heterocycles. The quantitative estimate of drug-likeness (QED) is 0.325. The molecule has 0 atom stereocenters. The second kappa shape index (κ2) is 9.67. The molecule has 0 unspecified atom stereocenters. The minimum atomic E-state index is -0.481. The van der Waals surface area contributed by atoms with Crippen LogP contribution < -0.4 is 10.1 Å². The number of nitrogens with one attached hydrogen (secondary N) is 1. The maximum Gasteiger partial charge on any atom is 0.266 e. The zero-order chi connectivity index (χ0) is 23.2. The lowest BCUT2D eigenvalue weighted by molar-refractivity contribution is -0.112. The molecule has 33 heavy (non-hydrogen) atoms. The van der Waals surface area contributed by atoms with Crippen LogP contribution in [-0.4, -0.2) is 22.8 Å². The topological polar surface area (TPSA) is 79.9 Å². The second-order valence-electron chi connectivity index (χ2n) is 7.44. The molecule has 0 bridgehead atoms. The van der Waals surface area contributed by atoms with Crippen LogP contribution in [0.2, 0.25) is 0 Å². The van der Waals surface area contributed by atoms with Gasteiger partial charge in [-0.05, 0) is 49.4 Å². The molecule has 0 aliphatic carbocycles. The normalized spacial score (nSPS) is 11.0. The number of para-hydroxylation sites is 1. The van der Waals surface area contributed by atoms with E-state index in [2.05, 4.69) is 5.32 Å². The number of nitriles is 1. The third-order valence-electron chi connectivity index (χ3n) is 5.08. The van der Waals surface area contributed by atoms with Crippen LogP contribution in [0.4, 0.5) is 5.69 Å². The van der Waals surface area contributed by atoms with Crippen LogP contribution in [0.3, 0.4) is 0 Å². The predicted octanol–water partition coefficient (Wildman–Crippen LogP) is 5.40. The molecule has 6 nitrogen and oxygen atoms in total. The zero-order valence-electron chi connectivity index (χ0n) is 18.3. The van der Waals surface area contributed by atoms with E-state index >= 15 is 0 Å². The molecule has 162 valence electrons. The molecule has 1 N–H and O–H groups in total. The number of methoxy groups -OCH3 is 1. The van der Waals surface area contributed by atoms with Crippen LogP contribution in [-0.2, 0) is 4.79 Å². The molecule has 6 heteroatoms. The molecule has 0 saturated carbocycles. The second-order valence-corrected chi connectivity index (χ2v) is 7.44. The highest BCUT2D eigenvalue weighted by Gasteiger charge is 2.16. The SMILES string of the molecule is COc1cccc(-c2nn(-c3ccccc3)cc2/C=C(/C#N)C(=O)Nc2ccc(C)cc2)c1. The van der Waals surface area contributed by atoms with Gasteiger partial charge < -0.3 is 10.1 Å². The number of carbonyl (C=O) groups is 1. The number of ether oxygens (including phenoxy) is 1. The Morgan fingerprint density at radius 1 is 1.06 bits per heavy atom. The summed E-state index contributed by atoms with van der Waals surface area (Å²) < 4.78 is 7.09. The number of aryl methyl sites for hydroxylation is 1. The smallest absolute Gasteiger partial charge is 0.266 e. The zero-order valence-corrected chi connectivity index (χ0v) is 18.3. The fourth-order valence-corrected chi connectivity index (χ4v) is 3.34. The van der Waals surface area contributed by atoms with E-state index in [4.69, 9.17) is 9.84 Å². The van der Waals surface area contributed by atoms with Crippen molar-refractivity contribution in [3.63, 3.8) is 0 Å². The summed E-state index contributed by atoms with van der Waals surface area (Å²) in [6.45, 7) is 1.97. The Hall–Kier alpha value is -4.63. The van der Waals surface area contributed by atoms with E-state index in [0.717, 1.165) is 16.8 Å². The summed E-state index contributed by atoms with van der Waals surface area (Å²) in [5.74, 6) is 0.208. The lowest BCUT2D eigenvalue weighted by atomic mass is 10.1. The standard InChI is InChI=1S/C27H22N4O2/c1-19-11-13-23(14-12-19)29-27(32)21(17-28)15-22-18-31(24-8-4-3-5-9-24)30-26(22)20-7-6-10-25(16-20)33-2/h3-16,18H,1-2H3,(H,29,32)/b21-15-. The maximum atomic E-state index is 12.8. The molecule has 0 saturated heterocycles. The van der Waals surface area contributed by atoms with Crippen LogP contribution in [0.25, 0.3) is 23.0 Å². The number of rotatable bonds is 6. The van der Waals surface area contributed by atoms with Gasteiger partial charge in [0.25, 0.3) is 5.91 Å². The first-order valence-electron chi connectivity index (χ1n) is 10.4. The van der Waals surface area contributed by atoms with Crippen molar-refractivity contribution in [2.75, 3.05) is 12.4 Å². The van der Waals surface area contributed by atoms with Gasteiger partial charge in [0.05, 0.1) is 12.8 Å². The molecule has 3 aromatic carbocycles. The van der Waals surface area contributed by atoms with Crippen molar-refractivity contribution in [3.05, 3.63) is 102 Å². The van der Waals surface area contributed by atoms with Gasteiger partial charge in [0.2, 0.25) is 0 Å². The minimum absolute atomic E-state index is 0.0210. The molecule has 4 aromatic rings. The van der Waals surface area contributed by atoms with E-state index in [1.54, 1.807) is 36.2 Å². The fourth-order valence-electron chi connectivity index (χ4n) is 3.34. The Bertz CT molecular complexity index is 1350. The number of aromatic nitrogens is 2. The van der Waals surface area contributed by atoms with Crippen molar-refractivity contribution in [3.8, 4) is 28.8 Å². The summed E-state index contributed by atoms with van der Waals surface area (Å²) in [7, 11) is 1.60. The predicted molar refractivity (Wildman–Crippen MR) is 129 cm³/mol. The molecule has 0 radical (unpaired) electrons. The number of anilines is 1. The minimum Gasteiger partial charge on any atom is -0.497 e. The van der Waals surface area contributed by atoms with Gasteiger partial charge in [0, 0.05) is 23.0 Å². The molecular weight excluding hydrogens is 412 g/mol. The van der Waals surface area contributed by atoms with Gasteiger partial charge in [-0.15, -0.1) is 0 Å².